The predicted molar refractivity (Wildman–Crippen MR) is 56.2 cm³/mol. The number of hydrogen-bond acceptors (Lipinski definition) is 3. The third-order valence-corrected chi connectivity index (χ3v) is 4.05. The standard InChI is InChI=1S/C10H18O2S/c1-3-12-7-5-9(11)10(2)6-4-8-13-10/h3-8H2,1-2H3. The van der Waals surface area contributed by atoms with Crippen molar-refractivity contribution >= 4 is 17.5 Å². The normalized spacial score (nSPS) is 27.8. The number of thioether (sulfide) groups is 1. The molecule has 0 bridgehead atoms. The lowest BCUT2D eigenvalue weighted by atomic mass is 9.98. The Hall–Kier alpha value is -0.0200. The highest BCUT2D eigenvalue weighted by molar-refractivity contribution is 8.01. The van der Waals surface area contributed by atoms with Gasteiger partial charge in [0, 0.05) is 13.0 Å². The summed E-state index contributed by atoms with van der Waals surface area (Å²) < 4.78 is 5.08. The fourth-order valence-electron chi connectivity index (χ4n) is 1.57. The Labute approximate surface area is 84.4 Å². The van der Waals surface area contributed by atoms with E-state index in [2.05, 4.69) is 6.92 Å². The predicted octanol–water partition coefficient (Wildman–Crippen LogP) is 2.27. The third kappa shape index (κ3) is 2.99. The molecule has 1 unspecified atom stereocenters. The van der Waals surface area contributed by atoms with E-state index < -0.39 is 0 Å². The van der Waals surface area contributed by atoms with E-state index in [-0.39, 0.29) is 4.75 Å². The largest absolute Gasteiger partial charge is 0.381 e. The van der Waals surface area contributed by atoms with Gasteiger partial charge in [-0.15, -0.1) is 11.8 Å². The van der Waals surface area contributed by atoms with Crippen molar-refractivity contribution in [3.8, 4) is 0 Å². The Kier molecular flexibility index (Phi) is 4.26. The Bertz CT molecular complexity index is 174. The van der Waals surface area contributed by atoms with E-state index in [0.717, 1.165) is 12.2 Å². The molecule has 0 aromatic rings. The first kappa shape index (κ1) is 11.1. The van der Waals surface area contributed by atoms with Gasteiger partial charge in [0.05, 0.1) is 11.4 Å². The molecule has 3 heteroatoms. The van der Waals surface area contributed by atoms with Gasteiger partial charge in [0.1, 0.15) is 0 Å². The highest BCUT2D eigenvalue weighted by atomic mass is 32.2. The molecule has 1 rings (SSSR count). The van der Waals surface area contributed by atoms with Crippen LogP contribution in [-0.2, 0) is 9.53 Å². The topological polar surface area (TPSA) is 26.3 Å². The molecule has 1 aliphatic rings. The molecule has 1 fully saturated rings. The first-order valence-corrected chi connectivity index (χ1v) is 5.92. The molecule has 1 saturated heterocycles. The molecule has 1 heterocycles. The summed E-state index contributed by atoms with van der Waals surface area (Å²) in [6, 6.07) is 0. The molecule has 0 saturated carbocycles. The number of ketones is 1. The second kappa shape index (κ2) is 5.01. The molecule has 0 N–H and O–H groups in total. The van der Waals surface area contributed by atoms with E-state index in [1.54, 1.807) is 11.8 Å². The quantitative estimate of drug-likeness (QED) is 0.640. The lowest BCUT2D eigenvalue weighted by Gasteiger charge is -2.20. The molecular weight excluding hydrogens is 184 g/mol. The number of ether oxygens (including phenoxy) is 1. The minimum Gasteiger partial charge on any atom is -0.381 e. The van der Waals surface area contributed by atoms with Crippen molar-refractivity contribution < 1.29 is 9.53 Å². The lowest BCUT2D eigenvalue weighted by Crippen LogP contribution is -2.29. The maximum absolute atomic E-state index is 11.7. The van der Waals surface area contributed by atoms with Crippen LogP contribution in [0.15, 0.2) is 0 Å². The summed E-state index contributed by atoms with van der Waals surface area (Å²) in [5, 5.41) is 0. The van der Waals surface area contributed by atoms with Gasteiger partial charge in [0.25, 0.3) is 0 Å². The zero-order valence-electron chi connectivity index (χ0n) is 8.47. The number of rotatable bonds is 5. The van der Waals surface area contributed by atoms with Crippen molar-refractivity contribution in [3.05, 3.63) is 0 Å². The molecule has 1 atom stereocenters. The molecule has 2 nitrogen and oxygen atoms in total. The Morgan fingerprint density at radius 1 is 1.62 bits per heavy atom. The Morgan fingerprint density at radius 3 is 2.92 bits per heavy atom. The minimum absolute atomic E-state index is 0.100. The second-order valence-corrected chi connectivity index (χ2v) is 5.15. The van der Waals surface area contributed by atoms with Crippen molar-refractivity contribution in [2.75, 3.05) is 19.0 Å². The zero-order chi connectivity index (χ0) is 9.73. The number of carbonyl (C=O) groups excluding carboxylic acids is 1. The number of carbonyl (C=O) groups is 1. The highest BCUT2D eigenvalue weighted by Crippen LogP contribution is 2.39. The summed E-state index contributed by atoms with van der Waals surface area (Å²) in [4.78, 5) is 11.7. The average molecular weight is 202 g/mol. The van der Waals surface area contributed by atoms with Crippen LogP contribution in [0, 0.1) is 0 Å². The summed E-state index contributed by atoms with van der Waals surface area (Å²) in [5.74, 6) is 1.50. The molecule has 0 aromatic heterocycles. The summed E-state index contributed by atoms with van der Waals surface area (Å²) >= 11 is 1.81. The van der Waals surface area contributed by atoms with Gasteiger partial charge in [-0.1, -0.05) is 0 Å². The highest BCUT2D eigenvalue weighted by Gasteiger charge is 2.36. The van der Waals surface area contributed by atoms with E-state index in [9.17, 15) is 4.79 Å². The summed E-state index contributed by atoms with van der Waals surface area (Å²) in [5.41, 5.74) is 0. The van der Waals surface area contributed by atoms with Crippen molar-refractivity contribution in [2.24, 2.45) is 0 Å². The third-order valence-electron chi connectivity index (χ3n) is 2.49. The average Bonchev–Trinajstić information content (AvgIpc) is 2.54. The van der Waals surface area contributed by atoms with Crippen LogP contribution in [0.5, 0.6) is 0 Å². The molecule has 1 aliphatic heterocycles. The van der Waals surface area contributed by atoms with Crippen LogP contribution in [0.25, 0.3) is 0 Å². The van der Waals surface area contributed by atoms with Crippen LogP contribution in [-0.4, -0.2) is 29.5 Å². The van der Waals surface area contributed by atoms with Crippen molar-refractivity contribution in [1.82, 2.24) is 0 Å². The number of hydrogen-bond donors (Lipinski definition) is 0. The van der Waals surface area contributed by atoms with Gasteiger partial charge < -0.3 is 4.74 Å². The van der Waals surface area contributed by atoms with Gasteiger partial charge in [-0.05, 0) is 32.4 Å². The van der Waals surface area contributed by atoms with Crippen molar-refractivity contribution in [1.29, 1.82) is 0 Å². The van der Waals surface area contributed by atoms with E-state index >= 15 is 0 Å². The van der Waals surface area contributed by atoms with E-state index in [1.807, 2.05) is 6.92 Å². The second-order valence-electron chi connectivity index (χ2n) is 3.55. The van der Waals surface area contributed by atoms with Crippen molar-refractivity contribution in [3.63, 3.8) is 0 Å². The van der Waals surface area contributed by atoms with Gasteiger partial charge in [-0.2, -0.15) is 0 Å². The van der Waals surface area contributed by atoms with E-state index in [4.69, 9.17) is 4.74 Å². The van der Waals surface area contributed by atoms with Gasteiger partial charge in [0.2, 0.25) is 0 Å². The molecule has 76 valence electrons. The number of Topliss-reactive ketones (excluding diaryl/α,β-unsaturated/α-hetero) is 1. The molecule has 0 spiro atoms. The lowest BCUT2D eigenvalue weighted by molar-refractivity contribution is -0.122. The molecule has 0 aliphatic carbocycles. The minimum atomic E-state index is -0.100. The molecule has 0 amide bonds. The fourth-order valence-corrected chi connectivity index (χ4v) is 2.86. The first-order valence-electron chi connectivity index (χ1n) is 4.94. The smallest absolute Gasteiger partial charge is 0.150 e. The van der Waals surface area contributed by atoms with Crippen molar-refractivity contribution in [2.45, 2.75) is 37.9 Å². The Balaban J connectivity index is 2.29. The fraction of sp³-hybridized carbons (Fsp3) is 0.900. The van der Waals surface area contributed by atoms with Gasteiger partial charge in [-0.25, -0.2) is 0 Å². The van der Waals surface area contributed by atoms with Crippen LogP contribution >= 0.6 is 11.8 Å². The first-order chi connectivity index (χ1) is 6.19. The van der Waals surface area contributed by atoms with Gasteiger partial charge in [0.15, 0.2) is 5.78 Å². The zero-order valence-corrected chi connectivity index (χ0v) is 9.28. The van der Waals surface area contributed by atoms with E-state index in [0.29, 0.717) is 25.4 Å². The molecule has 0 radical (unpaired) electrons. The van der Waals surface area contributed by atoms with Crippen LogP contribution in [0.1, 0.15) is 33.1 Å². The van der Waals surface area contributed by atoms with Crippen LogP contribution in [0.4, 0.5) is 0 Å². The molecule has 0 aromatic carbocycles. The molecular formula is C10H18O2S. The van der Waals surface area contributed by atoms with Crippen LogP contribution in [0.3, 0.4) is 0 Å². The van der Waals surface area contributed by atoms with Gasteiger partial charge >= 0.3 is 0 Å². The Morgan fingerprint density at radius 2 is 2.38 bits per heavy atom. The monoisotopic (exact) mass is 202 g/mol. The summed E-state index contributed by atoms with van der Waals surface area (Å²) in [7, 11) is 0. The van der Waals surface area contributed by atoms with Gasteiger partial charge in [-0.3, -0.25) is 4.79 Å². The summed E-state index contributed by atoms with van der Waals surface area (Å²) in [6.45, 7) is 5.32. The molecule has 13 heavy (non-hydrogen) atoms. The van der Waals surface area contributed by atoms with Crippen LogP contribution in [0.2, 0.25) is 0 Å². The van der Waals surface area contributed by atoms with Crippen LogP contribution < -0.4 is 0 Å². The summed E-state index contributed by atoms with van der Waals surface area (Å²) in [6.07, 6.45) is 2.81. The maximum atomic E-state index is 11.7. The maximum Gasteiger partial charge on any atom is 0.150 e. The van der Waals surface area contributed by atoms with E-state index in [1.165, 1.54) is 6.42 Å². The SMILES string of the molecule is CCOCCC(=O)C1(C)CCCS1.